The molecule has 0 heterocycles. The van der Waals surface area contributed by atoms with E-state index in [1.54, 1.807) is 0 Å². The number of aliphatic hydroxyl groups excluding tert-OH is 1. The Hall–Kier alpha value is -1.94. The zero-order valence-electron chi connectivity index (χ0n) is 67.6. The van der Waals surface area contributed by atoms with Gasteiger partial charge in [0.1, 0.15) is 19.3 Å². The average Bonchev–Trinajstić information content (AvgIpc) is 0.913. The van der Waals surface area contributed by atoms with Gasteiger partial charge in [0.2, 0.25) is 0 Å². The van der Waals surface area contributed by atoms with Crippen molar-refractivity contribution in [1.29, 1.82) is 0 Å². The van der Waals surface area contributed by atoms with Crippen LogP contribution in [-0.4, -0.2) is 96.7 Å². The number of esters is 4. The Morgan fingerprint density at radius 1 is 0.262 bits per heavy atom. The average molecular weight is 1510 g/mol. The van der Waals surface area contributed by atoms with Crippen LogP contribution in [0.4, 0.5) is 0 Å². The molecule has 0 fully saturated rings. The van der Waals surface area contributed by atoms with Gasteiger partial charge in [-0.25, -0.2) is 9.13 Å². The lowest BCUT2D eigenvalue weighted by Gasteiger charge is -2.21. The predicted molar refractivity (Wildman–Crippen MR) is 423 cm³/mol. The van der Waals surface area contributed by atoms with Crippen molar-refractivity contribution in [2.24, 2.45) is 11.8 Å². The molecule has 0 saturated carbocycles. The summed E-state index contributed by atoms with van der Waals surface area (Å²) < 4.78 is 68.9. The minimum Gasteiger partial charge on any atom is -0.462 e. The van der Waals surface area contributed by atoms with Gasteiger partial charge >= 0.3 is 39.5 Å². The highest BCUT2D eigenvalue weighted by molar-refractivity contribution is 7.47. The van der Waals surface area contributed by atoms with Gasteiger partial charge in [-0.15, -0.1) is 0 Å². The van der Waals surface area contributed by atoms with E-state index < -0.39 is 97.5 Å². The van der Waals surface area contributed by atoms with E-state index in [2.05, 4.69) is 41.5 Å². The molecular formula is C84H164O17P2. The van der Waals surface area contributed by atoms with Crippen LogP contribution in [-0.2, 0) is 65.4 Å². The molecule has 19 heteroatoms. The van der Waals surface area contributed by atoms with Gasteiger partial charge in [0.25, 0.3) is 0 Å². The van der Waals surface area contributed by atoms with Gasteiger partial charge in [-0.05, 0) is 37.5 Å². The van der Waals surface area contributed by atoms with Crippen LogP contribution in [0.25, 0.3) is 0 Å². The second-order valence-corrected chi connectivity index (χ2v) is 34.1. The molecule has 0 bridgehead atoms. The van der Waals surface area contributed by atoms with Gasteiger partial charge in [-0.3, -0.25) is 37.3 Å². The van der Waals surface area contributed by atoms with Crippen LogP contribution in [0.5, 0.6) is 0 Å². The first-order valence-electron chi connectivity index (χ1n) is 43.5. The lowest BCUT2D eigenvalue weighted by atomic mass is 10.0. The van der Waals surface area contributed by atoms with Gasteiger partial charge in [-0.2, -0.15) is 0 Å². The summed E-state index contributed by atoms with van der Waals surface area (Å²) in [7, 11) is -9.93. The van der Waals surface area contributed by atoms with Crippen LogP contribution < -0.4 is 0 Å². The summed E-state index contributed by atoms with van der Waals surface area (Å²) in [6, 6.07) is 0. The van der Waals surface area contributed by atoms with Crippen LogP contribution in [0.15, 0.2) is 0 Å². The molecule has 0 aliphatic heterocycles. The fourth-order valence-corrected chi connectivity index (χ4v) is 14.6. The second kappa shape index (κ2) is 75.5. The molecular weight excluding hydrogens is 1340 g/mol. The van der Waals surface area contributed by atoms with E-state index in [1.165, 1.54) is 263 Å². The minimum atomic E-state index is -4.96. The molecule has 0 aromatic carbocycles. The van der Waals surface area contributed by atoms with Crippen LogP contribution in [0.1, 0.15) is 446 Å². The summed E-state index contributed by atoms with van der Waals surface area (Å²) in [5.74, 6) is -0.575. The van der Waals surface area contributed by atoms with Crippen LogP contribution in [0.3, 0.4) is 0 Å². The standard InChI is InChI=1S/C84H164O17P2/c1-7-9-11-13-15-17-19-21-23-25-29-33-37-41-48-54-60-66-81(86)94-72-79(100-83(88)69-63-57-51-43-39-35-31-27-28-32-36-40-46-52-58-64-76(3)4)74-98-102(90,91)96-70-78(85)71-97-103(92,93)99-75-80(73-95-82(87)67-61-55-49-45-44-47-53-59-65-77(5)6)101-84(89)68-62-56-50-42-38-34-30-26-24-22-20-18-16-14-12-10-8-2/h76-80,85H,7-75H2,1-6H3,(H,90,91)(H,92,93)/t78-,79-,80-/m1/s1. The van der Waals surface area contributed by atoms with Crippen molar-refractivity contribution in [1.82, 2.24) is 0 Å². The maximum Gasteiger partial charge on any atom is 0.472 e. The monoisotopic (exact) mass is 1510 g/mol. The fraction of sp³-hybridized carbons (Fsp3) is 0.952. The number of phosphoric acid groups is 2. The number of aliphatic hydroxyl groups is 1. The molecule has 0 aromatic heterocycles. The van der Waals surface area contributed by atoms with Crippen molar-refractivity contribution < 1.29 is 80.2 Å². The van der Waals surface area contributed by atoms with E-state index in [9.17, 15) is 43.2 Å². The van der Waals surface area contributed by atoms with Gasteiger partial charge in [0.05, 0.1) is 26.4 Å². The zero-order chi connectivity index (χ0) is 75.6. The molecule has 0 aliphatic rings. The molecule has 0 radical (unpaired) electrons. The van der Waals surface area contributed by atoms with E-state index in [0.717, 1.165) is 102 Å². The number of hydrogen-bond acceptors (Lipinski definition) is 15. The normalized spacial score (nSPS) is 13.9. The quantitative estimate of drug-likeness (QED) is 0.0222. The first-order valence-corrected chi connectivity index (χ1v) is 46.5. The van der Waals surface area contributed by atoms with E-state index in [0.29, 0.717) is 25.7 Å². The molecule has 0 rings (SSSR count). The lowest BCUT2D eigenvalue weighted by molar-refractivity contribution is -0.161. The first kappa shape index (κ1) is 101. The van der Waals surface area contributed by atoms with Gasteiger partial charge in [0, 0.05) is 25.7 Å². The van der Waals surface area contributed by atoms with E-state index in [1.807, 2.05) is 0 Å². The van der Waals surface area contributed by atoms with E-state index in [-0.39, 0.29) is 25.7 Å². The molecule has 2 unspecified atom stereocenters. The Bertz CT molecular complexity index is 1980. The molecule has 103 heavy (non-hydrogen) atoms. The number of rotatable bonds is 83. The molecule has 0 saturated heterocycles. The Balaban J connectivity index is 5.25. The molecule has 0 aliphatic carbocycles. The highest BCUT2D eigenvalue weighted by Gasteiger charge is 2.30. The zero-order valence-corrected chi connectivity index (χ0v) is 69.4. The summed E-state index contributed by atoms with van der Waals surface area (Å²) >= 11 is 0. The Labute approximate surface area is 632 Å². The van der Waals surface area contributed by atoms with Crippen LogP contribution >= 0.6 is 15.6 Å². The van der Waals surface area contributed by atoms with Crippen molar-refractivity contribution in [3.05, 3.63) is 0 Å². The Morgan fingerprint density at radius 2 is 0.447 bits per heavy atom. The first-order chi connectivity index (χ1) is 49.9. The number of phosphoric ester groups is 2. The lowest BCUT2D eigenvalue weighted by Crippen LogP contribution is -2.30. The number of carbonyl (C=O) groups is 4. The van der Waals surface area contributed by atoms with Crippen molar-refractivity contribution >= 4 is 39.5 Å². The summed E-state index contributed by atoms with van der Waals surface area (Å²) in [5.41, 5.74) is 0. The number of unbranched alkanes of at least 4 members (excludes halogenated alkanes) is 53. The van der Waals surface area contributed by atoms with Gasteiger partial charge in [0.15, 0.2) is 12.2 Å². The van der Waals surface area contributed by atoms with Crippen molar-refractivity contribution in [2.45, 2.75) is 464 Å². The topological polar surface area (TPSA) is 237 Å². The molecule has 3 N–H and O–H groups in total. The molecule has 17 nitrogen and oxygen atoms in total. The maximum absolute atomic E-state index is 13.1. The van der Waals surface area contributed by atoms with Gasteiger partial charge in [-0.1, -0.05) is 395 Å². The third-order valence-electron chi connectivity index (χ3n) is 19.7. The number of ether oxygens (including phenoxy) is 4. The third kappa shape index (κ3) is 78.0. The molecule has 0 amide bonds. The van der Waals surface area contributed by atoms with Crippen molar-refractivity contribution in [3.63, 3.8) is 0 Å². The van der Waals surface area contributed by atoms with Crippen molar-refractivity contribution in [2.75, 3.05) is 39.6 Å². The summed E-state index contributed by atoms with van der Waals surface area (Å²) in [4.78, 5) is 73.2. The minimum absolute atomic E-state index is 0.108. The predicted octanol–water partition coefficient (Wildman–Crippen LogP) is 25.5. The third-order valence-corrected chi connectivity index (χ3v) is 21.6. The molecule has 0 spiro atoms. The number of carbonyl (C=O) groups excluding carboxylic acids is 4. The van der Waals surface area contributed by atoms with Crippen molar-refractivity contribution in [3.8, 4) is 0 Å². The molecule has 612 valence electrons. The highest BCUT2D eigenvalue weighted by Crippen LogP contribution is 2.45. The number of hydrogen-bond donors (Lipinski definition) is 3. The summed E-state index contributed by atoms with van der Waals surface area (Å²) in [6.45, 7) is 9.66. The van der Waals surface area contributed by atoms with Crippen LogP contribution in [0.2, 0.25) is 0 Å². The summed E-state index contributed by atoms with van der Waals surface area (Å²) in [5, 5.41) is 10.7. The van der Waals surface area contributed by atoms with Crippen LogP contribution in [0, 0.1) is 11.8 Å². The molecule has 5 atom stereocenters. The summed E-state index contributed by atoms with van der Waals surface area (Å²) in [6.07, 6.45) is 66.6. The smallest absolute Gasteiger partial charge is 0.462 e. The Kier molecular flexibility index (Phi) is 74.1. The SMILES string of the molecule is CCCCCCCCCCCCCCCCCCCC(=O)OC[C@H](COP(=O)(O)OC[C@@H](O)COP(=O)(O)OC[C@@H](COC(=O)CCCCCCCCCCC(C)C)OC(=O)CCCCCCCCCCCCCCCCCCC)OC(=O)CCCCCCCCCCCCCCCCCC(C)C. The van der Waals surface area contributed by atoms with E-state index >= 15 is 0 Å². The van der Waals surface area contributed by atoms with Gasteiger partial charge < -0.3 is 33.8 Å². The molecule has 0 aromatic rings. The highest BCUT2D eigenvalue weighted by atomic mass is 31.2. The van der Waals surface area contributed by atoms with E-state index in [4.69, 9.17) is 37.0 Å². The fourth-order valence-electron chi connectivity index (χ4n) is 13.1. The largest absolute Gasteiger partial charge is 0.472 e. The second-order valence-electron chi connectivity index (χ2n) is 31.2. The Morgan fingerprint density at radius 3 is 0.660 bits per heavy atom. The maximum atomic E-state index is 13.1.